The van der Waals surface area contributed by atoms with Crippen molar-refractivity contribution in [1.82, 2.24) is 0 Å². The van der Waals surface area contributed by atoms with Crippen LogP contribution < -0.4 is 0 Å². The largest absolute Gasteiger partial charge is 0.457 e. The molecule has 0 spiro atoms. The molecule has 6 heteroatoms. The third-order valence-electron chi connectivity index (χ3n) is 5.17. The topological polar surface area (TPSA) is 71.1 Å². The van der Waals surface area contributed by atoms with Crippen LogP contribution in [0.3, 0.4) is 0 Å². The number of esters is 1. The van der Waals surface area contributed by atoms with Gasteiger partial charge in [-0.05, 0) is 32.6 Å². The first kappa shape index (κ1) is 15.9. The van der Waals surface area contributed by atoms with E-state index in [4.69, 9.17) is 18.9 Å². The number of ketones is 1. The summed E-state index contributed by atoms with van der Waals surface area (Å²) in [5.41, 5.74) is 0. The van der Waals surface area contributed by atoms with E-state index in [1.807, 2.05) is 0 Å². The van der Waals surface area contributed by atoms with E-state index < -0.39 is 0 Å². The number of fused-ring (bicyclic) bond motifs is 1. The molecule has 3 rings (SSSR count). The van der Waals surface area contributed by atoms with Gasteiger partial charge in [-0.2, -0.15) is 0 Å². The van der Waals surface area contributed by atoms with Crippen LogP contribution in [0, 0.1) is 11.8 Å². The molecule has 124 valence electrons. The van der Waals surface area contributed by atoms with Crippen LogP contribution in [0.15, 0.2) is 0 Å². The zero-order valence-corrected chi connectivity index (χ0v) is 13.2. The number of ether oxygens (including phenoxy) is 4. The second-order valence-electron chi connectivity index (χ2n) is 6.50. The van der Waals surface area contributed by atoms with Crippen LogP contribution in [0.2, 0.25) is 0 Å². The Balaban J connectivity index is 1.50. The molecule has 4 atom stereocenters. The molecule has 1 aliphatic carbocycles. The summed E-state index contributed by atoms with van der Waals surface area (Å²) in [6.07, 6.45) is 2.23. The van der Waals surface area contributed by atoms with Crippen molar-refractivity contribution in [3.8, 4) is 0 Å². The highest BCUT2D eigenvalue weighted by molar-refractivity contribution is 5.79. The van der Waals surface area contributed by atoms with Crippen molar-refractivity contribution in [1.29, 1.82) is 0 Å². The highest BCUT2D eigenvalue weighted by Crippen LogP contribution is 2.33. The van der Waals surface area contributed by atoms with Crippen molar-refractivity contribution in [2.24, 2.45) is 11.8 Å². The van der Waals surface area contributed by atoms with Gasteiger partial charge in [0.15, 0.2) is 6.10 Å². The minimum absolute atomic E-state index is 0.0836. The molecule has 0 aromatic heterocycles. The molecule has 0 amide bonds. The average molecular weight is 312 g/mol. The van der Waals surface area contributed by atoms with E-state index in [2.05, 4.69) is 0 Å². The fourth-order valence-corrected chi connectivity index (χ4v) is 3.71. The van der Waals surface area contributed by atoms with Gasteiger partial charge in [-0.1, -0.05) is 0 Å². The van der Waals surface area contributed by atoms with Crippen LogP contribution >= 0.6 is 0 Å². The van der Waals surface area contributed by atoms with Crippen molar-refractivity contribution in [3.63, 3.8) is 0 Å². The Morgan fingerprint density at radius 2 is 1.45 bits per heavy atom. The second-order valence-corrected chi connectivity index (χ2v) is 6.50. The maximum atomic E-state index is 12.3. The summed E-state index contributed by atoms with van der Waals surface area (Å²) >= 11 is 0. The molecule has 3 aliphatic rings. The van der Waals surface area contributed by atoms with Crippen molar-refractivity contribution >= 4 is 11.8 Å². The zero-order valence-electron chi connectivity index (χ0n) is 13.2. The first-order valence-corrected chi connectivity index (χ1v) is 8.07. The zero-order chi connectivity index (χ0) is 15.7. The van der Waals surface area contributed by atoms with E-state index in [9.17, 15) is 9.59 Å². The molecule has 1 saturated carbocycles. The standard InChI is InChI=1S/C16H24O6/c1-9(17)10-3-5-11(6-4-10)16(18)22-13-8-21-14-12(19-2)7-20-15(13)14/h10-15H,3-8H2,1-2H3. The highest BCUT2D eigenvalue weighted by atomic mass is 16.6. The number of methoxy groups -OCH3 is 1. The van der Waals surface area contributed by atoms with E-state index in [0.717, 1.165) is 25.7 Å². The third kappa shape index (κ3) is 3.05. The number of rotatable bonds is 4. The van der Waals surface area contributed by atoms with Gasteiger partial charge in [0.1, 0.15) is 24.1 Å². The van der Waals surface area contributed by atoms with Gasteiger partial charge in [-0.15, -0.1) is 0 Å². The quantitative estimate of drug-likeness (QED) is 0.724. The average Bonchev–Trinajstić information content (AvgIpc) is 3.10. The van der Waals surface area contributed by atoms with Crippen molar-refractivity contribution in [2.45, 2.75) is 57.0 Å². The Bertz CT molecular complexity index is 428. The van der Waals surface area contributed by atoms with Crippen molar-refractivity contribution < 1.29 is 28.5 Å². The fraction of sp³-hybridized carbons (Fsp3) is 0.875. The van der Waals surface area contributed by atoms with E-state index in [1.165, 1.54) is 0 Å². The van der Waals surface area contributed by atoms with Gasteiger partial charge >= 0.3 is 5.97 Å². The maximum Gasteiger partial charge on any atom is 0.309 e. The molecule has 0 aromatic rings. The number of hydrogen-bond acceptors (Lipinski definition) is 6. The van der Waals surface area contributed by atoms with Gasteiger partial charge in [0.2, 0.25) is 0 Å². The van der Waals surface area contributed by atoms with E-state index in [0.29, 0.717) is 13.2 Å². The Kier molecular flexibility index (Phi) is 4.80. The summed E-state index contributed by atoms with van der Waals surface area (Å²) in [5.74, 6) is 0.0580. The Labute approximate surface area is 130 Å². The van der Waals surface area contributed by atoms with Gasteiger partial charge < -0.3 is 18.9 Å². The number of carbonyl (C=O) groups excluding carboxylic acids is 2. The number of hydrogen-bond donors (Lipinski definition) is 0. The van der Waals surface area contributed by atoms with Crippen LogP contribution in [0.1, 0.15) is 32.6 Å². The number of Topliss-reactive ketones (excluding diaryl/α,β-unsaturated/α-hetero) is 1. The van der Waals surface area contributed by atoms with Gasteiger partial charge in [-0.25, -0.2) is 0 Å². The molecule has 0 bridgehead atoms. The normalized spacial score (nSPS) is 41.2. The predicted octanol–water partition coefficient (Wildman–Crippen LogP) is 1.11. The van der Waals surface area contributed by atoms with Gasteiger partial charge in [0, 0.05) is 13.0 Å². The monoisotopic (exact) mass is 312 g/mol. The first-order valence-electron chi connectivity index (χ1n) is 8.07. The highest BCUT2D eigenvalue weighted by Gasteiger charge is 2.50. The van der Waals surface area contributed by atoms with Gasteiger partial charge in [-0.3, -0.25) is 9.59 Å². The third-order valence-corrected chi connectivity index (χ3v) is 5.17. The minimum atomic E-state index is -0.344. The fourth-order valence-electron chi connectivity index (χ4n) is 3.71. The van der Waals surface area contributed by atoms with Crippen LogP contribution in [0.5, 0.6) is 0 Å². The lowest BCUT2D eigenvalue weighted by Gasteiger charge is -2.27. The molecule has 0 N–H and O–H groups in total. The predicted molar refractivity (Wildman–Crippen MR) is 76.3 cm³/mol. The maximum absolute atomic E-state index is 12.3. The summed E-state index contributed by atoms with van der Waals surface area (Å²) in [6.45, 7) is 2.47. The molecule has 4 unspecified atom stereocenters. The molecular formula is C16H24O6. The first-order chi connectivity index (χ1) is 10.6. The van der Waals surface area contributed by atoms with Gasteiger partial charge in [0.25, 0.3) is 0 Å². The molecule has 2 aliphatic heterocycles. The van der Waals surface area contributed by atoms with E-state index in [1.54, 1.807) is 14.0 Å². The summed E-state index contributed by atoms with van der Waals surface area (Å²) in [5, 5.41) is 0. The molecule has 2 heterocycles. The van der Waals surface area contributed by atoms with Gasteiger partial charge in [0.05, 0.1) is 19.1 Å². The minimum Gasteiger partial charge on any atom is -0.457 e. The van der Waals surface area contributed by atoms with Crippen LogP contribution in [-0.4, -0.2) is 56.5 Å². The molecule has 0 aromatic carbocycles. The van der Waals surface area contributed by atoms with E-state index >= 15 is 0 Å². The molecule has 2 saturated heterocycles. The lowest BCUT2D eigenvalue weighted by atomic mass is 9.80. The molecule has 0 radical (unpaired) electrons. The smallest absolute Gasteiger partial charge is 0.309 e. The van der Waals surface area contributed by atoms with E-state index in [-0.39, 0.29) is 48.0 Å². The van der Waals surface area contributed by atoms with Crippen LogP contribution in [-0.2, 0) is 28.5 Å². The molecular weight excluding hydrogens is 288 g/mol. The van der Waals surface area contributed by atoms with Crippen LogP contribution in [0.4, 0.5) is 0 Å². The summed E-state index contributed by atoms with van der Waals surface area (Å²) in [4.78, 5) is 23.7. The lowest BCUT2D eigenvalue weighted by Crippen LogP contribution is -2.37. The van der Waals surface area contributed by atoms with Crippen molar-refractivity contribution in [3.05, 3.63) is 0 Å². The Morgan fingerprint density at radius 1 is 0.909 bits per heavy atom. The summed E-state index contributed by atoms with van der Waals surface area (Å²) < 4.78 is 22.2. The molecule has 3 fully saturated rings. The number of carbonyl (C=O) groups is 2. The summed E-state index contributed by atoms with van der Waals surface area (Å²) in [6, 6.07) is 0. The molecule has 22 heavy (non-hydrogen) atoms. The summed E-state index contributed by atoms with van der Waals surface area (Å²) in [7, 11) is 1.63. The van der Waals surface area contributed by atoms with Crippen molar-refractivity contribution in [2.75, 3.05) is 20.3 Å². The SMILES string of the molecule is COC1COC2C(OC(=O)C3CCC(C(C)=O)CC3)COC12. The Morgan fingerprint density at radius 3 is 2.05 bits per heavy atom. The van der Waals surface area contributed by atoms with Crippen LogP contribution in [0.25, 0.3) is 0 Å². The lowest BCUT2D eigenvalue weighted by molar-refractivity contribution is -0.160. The molecule has 6 nitrogen and oxygen atoms in total. The second kappa shape index (κ2) is 6.64. The Hall–Kier alpha value is -0.980.